The summed E-state index contributed by atoms with van der Waals surface area (Å²) in [6.45, 7) is 1.18. The molecule has 0 spiro atoms. The number of carbonyl (C=O) groups is 1. The van der Waals surface area contributed by atoms with Crippen LogP contribution in [0.4, 0.5) is 0 Å². The minimum Gasteiger partial charge on any atom is -0.354 e. The second-order valence-corrected chi connectivity index (χ2v) is 7.04. The van der Waals surface area contributed by atoms with Crippen LogP contribution >= 0.6 is 0 Å². The zero-order valence-electron chi connectivity index (χ0n) is 15.8. The van der Waals surface area contributed by atoms with Gasteiger partial charge in [-0.05, 0) is 43.0 Å². The Hall–Kier alpha value is -3.16. The summed E-state index contributed by atoms with van der Waals surface area (Å²) in [5, 5.41) is 11.4. The smallest absolute Gasteiger partial charge is 0.346 e. The average molecular weight is 380 g/mol. The highest BCUT2D eigenvalue weighted by Gasteiger charge is 2.17. The molecule has 1 N–H and O–H groups in total. The maximum Gasteiger partial charge on any atom is 0.346 e. The SMILES string of the molecule is O=C(Cn1nc2n(c1=O)CCCCC2)NCCc1ccc(-n2cccn2)cc1. The van der Waals surface area contributed by atoms with Crippen molar-refractivity contribution in [2.24, 2.45) is 0 Å². The Morgan fingerprint density at radius 3 is 2.79 bits per heavy atom. The fraction of sp³-hybridized carbons (Fsp3) is 0.400. The Morgan fingerprint density at radius 1 is 1.14 bits per heavy atom. The van der Waals surface area contributed by atoms with Crippen molar-refractivity contribution in [2.45, 2.75) is 45.2 Å². The van der Waals surface area contributed by atoms with Gasteiger partial charge in [0, 0.05) is 31.9 Å². The van der Waals surface area contributed by atoms with E-state index in [0.29, 0.717) is 13.1 Å². The van der Waals surface area contributed by atoms with Gasteiger partial charge in [-0.3, -0.25) is 9.36 Å². The average Bonchev–Trinajstić information content (AvgIpc) is 3.26. The minimum atomic E-state index is -0.191. The number of hydrogen-bond donors (Lipinski definition) is 1. The molecule has 3 aromatic rings. The van der Waals surface area contributed by atoms with Crippen LogP contribution in [0, 0.1) is 0 Å². The third kappa shape index (κ3) is 4.05. The lowest BCUT2D eigenvalue weighted by atomic mass is 10.1. The predicted molar refractivity (Wildman–Crippen MR) is 104 cm³/mol. The zero-order chi connectivity index (χ0) is 19.3. The van der Waals surface area contributed by atoms with Crippen molar-refractivity contribution in [3.05, 3.63) is 64.6 Å². The van der Waals surface area contributed by atoms with E-state index in [1.165, 1.54) is 4.68 Å². The number of hydrogen-bond acceptors (Lipinski definition) is 4. The quantitative estimate of drug-likeness (QED) is 0.699. The monoisotopic (exact) mass is 380 g/mol. The molecule has 1 aliphatic rings. The van der Waals surface area contributed by atoms with Crippen molar-refractivity contribution in [1.29, 1.82) is 0 Å². The van der Waals surface area contributed by atoms with E-state index in [-0.39, 0.29) is 18.1 Å². The molecule has 0 saturated heterocycles. The summed E-state index contributed by atoms with van der Waals surface area (Å²) >= 11 is 0. The molecule has 8 nitrogen and oxygen atoms in total. The van der Waals surface area contributed by atoms with E-state index in [0.717, 1.165) is 49.2 Å². The maximum atomic E-state index is 12.4. The van der Waals surface area contributed by atoms with Gasteiger partial charge >= 0.3 is 5.69 Å². The summed E-state index contributed by atoms with van der Waals surface area (Å²) in [5.74, 6) is 0.607. The molecule has 1 amide bonds. The Kier molecular flexibility index (Phi) is 5.36. The summed E-state index contributed by atoms with van der Waals surface area (Å²) in [5.41, 5.74) is 1.94. The van der Waals surface area contributed by atoms with Crippen LogP contribution in [0.5, 0.6) is 0 Å². The van der Waals surface area contributed by atoms with Crippen LogP contribution in [0.1, 0.15) is 30.7 Å². The van der Waals surface area contributed by atoms with Gasteiger partial charge in [-0.2, -0.15) is 10.2 Å². The molecular formula is C20H24N6O2. The highest BCUT2D eigenvalue weighted by Crippen LogP contribution is 2.10. The van der Waals surface area contributed by atoms with E-state index in [1.807, 2.05) is 36.5 Å². The van der Waals surface area contributed by atoms with Crippen LogP contribution in [-0.2, 0) is 30.7 Å². The molecule has 0 atom stereocenters. The van der Waals surface area contributed by atoms with Gasteiger partial charge in [0.25, 0.3) is 0 Å². The Morgan fingerprint density at radius 2 is 2.00 bits per heavy atom. The minimum absolute atomic E-state index is 0.0307. The molecule has 4 rings (SSSR count). The zero-order valence-corrected chi connectivity index (χ0v) is 15.8. The Balaban J connectivity index is 1.29. The number of amides is 1. The third-order valence-corrected chi connectivity index (χ3v) is 5.02. The van der Waals surface area contributed by atoms with E-state index < -0.39 is 0 Å². The van der Waals surface area contributed by atoms with Crippen LogP contribution in [0.3, 0.4) is 0 Å². The van der Waals surface area contributed by atoms with Crippen LogP contribution < -0.4 is 11.0 Å². The molecule has 0 unspecified atom stereocenters. The van der Waals surface area contributed by atoms with Crippen molar-refractivity contribution in [3.8, 4) is 5.69 Å². The summed E-state index contributed by atoms with van der Waals surface area (Å²) in [6, 6.07) is 9.94. The second-order valence-electron chi connectivity index (χ2n) is 7.04. The standard InChI is InChI=1S/C20H24N6O2/c27-19(15-26-20(28)24-13-3-1-2-5-18(24)23-26)21-12-10-16-6-8-17(9-7-16)25-14-4-11-22-25/h4,6-9,11,14H,1-3,5,10,12-13,15H2,(H,21,27). The molecule has 0 fully saturated rings. The first-order valence-corrected chi connectivity index (χ1v) is 9.73. The maximum absolute atomic E-state index is 12.4. The van der Waals surface area contributed by atoms with Gasteiger partial charge in [0.2, 0.25) is 5.91 Å². The lowest BCUT2D eigenvalue weighted by Crippen LogP contribution is -2.34. The molecule has 2 aromatic heterocycles. The number of nitrogens with zero attached hydrogens (tertiary/aromatic N) is 5. The Bertz CT molecular complexity index is 985. The van der Waals surface area contributed by atoms with Crippen molar-refractivity contribution < 1.29 is 4.79 Å². The summed E-state index contributed by atoms with van der Waals surface area (Å²) in [4.78, 5) is 24.6. The van der Waals surface area contributed by atoms with Crippen molar-refractivity contribution in [1.82, 2.24) is 29.4 Å². The molecule has 0 aliphatic carbocycles. The normalized spacial score (nSPS) is 13.7. The van der Waals surface area contributed by atoms with Gasteiger partial charge in [0.1, 0.15) is 12.4 Å². The third-order valence-electron chi connectivity index (χ3n) is 5.02. The second kappa shape index (κ2) is 8.24. The lowest BCUT2D eigenvalue weighted by Gasteiger charge is -2.06. The molecule has 1 aromatic carbocycles. The topological polar surface area (TPSA) is 86.7 Å². The van der Waals surface area contributed by atoms with E-state index in [9.17, 15) is 9.59 Å². The predicted octanol–water partition coefficient (Wildman–Crippen LogP) is 1.32. The first-order chi connectivity index (χ1) is 13.7. The van der Waals surface area contributed by atoms with Gasteiger partial charge in [0.05, 0.1) is 5.69 Å². The van der Waals surface area contributed by atoms with Crippen molar-refractivity contribution in [3.63, 3.8) is 0 Å². The van der Waals surface area contributed by atoms with Crippen LogP contribution in [0.25, 0.3) is 5.69 Å². The molecule has 1 aliphatic heterocycles. The molecule has 8 heteroatoms. The lowest BCUT2D eigenvalue weighted by molar-refractivity contribution is -0.121. The van der Waals surface area contributed by atoms with Gasteiger partial charge in [0.15, 0.2) is 0 Å². The van der Waals surface area contributed by atoms with E-state index >= 15 is 0 Å². The van der Waals surface area contributed by atoms with Gasteiger partial charge in [-0.1, -0.05) is 18.6 Å². The number of nitrogens with one attached hydrogen (secondary N) is 1. The molecule has 28 heavy (non-hydrogen) atoms. The van der Waals surface area contributed by atoms with Crippen molar-refractivity contribution in [2.75, 3.05) is 6.54 Å². The van der Waals surface area contributed by atoms with E-state index in [2.05, 4.69) is 15.5 Å². The highest BCUT2D eigenvalue weighted by molar-refractivity contribution is 5.75. The fourth-order valence-corrected chi connectivity index (χ4v) is 3.50. The number of benzene rings is 1. The number of aryl methyl sites for hydroxylation is 1. The number of aromatic nitrogens is 5. The van der Waals surface area contributed by atoms with Gasteiger partial charge in [-0.25, -0.2) is 14.2 Å². The fourth-order valence-electron chi connectivity index (χ4n) is 3.50. The number of rotatable bonds is 6. The van der Waals surface area contributed by atoms with Gasteiger partial charge < -0.3 is 5.32 Å². The molecule has 146 valence electrons. The largest absolute Gasteiger partial charge is 0.354 e. The summed E-state index contributed by atoms with van der Waals surface area (Å²) < 4.78 is 4.80. The molecule has 3 heterocycles. The first-order valence-electron chi connectivity index (χ1n) is 9.73. The summed E-state index contributed by atoms with van der Waals surface area (Å²) in [6.07, 6.45) is 8.32. The van der Waals surface area contributed by atoms with E-state index in [4.69, 9.17) is 0 Å². The number of fused-ring (bicyclic) bond motifs is 1. The van der Waals surface area contributed by atoms with Crippen molar-refractivity contribution >= 4 is 5.91 Å². The van der Waals surface area contributed by atoms with Crippen LogP contribution in [0.2, 0.25) is 0 Å². The molecular weight excluding hydrogens is 356 g/mol. The van der Waals surface area contributed by atoms with Crippen LogP contribution in [-0.4, -0.2) is 36.6 Å². The number of carbonyl (C=O) groups excluding carboxylic acids is 1. The molecule has 0 bridgehead atoms. The highest BCUT2D eigenvalue weighted by atomic mass is 16.2. The molecule has 0 saturated carbocycles. The van der Waals surface area contributed by atoms with Crippen LogP contribution in [0.15, 0.2) is 47.5 Å². The first kappa shape index (κ1) is 18.2. The molecule has 0 radical (unpaired) electrons. The van der Waals surface area contributed by atoms with Gasteiger partial charge in [-0.15, -0.1) is 0 Å². The summed E-state index contributed by atoms with van der Waals surface area (Å²) in [7, 11) is 0. The Labute approximate surface area is 162 Å². The van der Waals surface area contributed by atoms with E-state index in [1.54, 1.807) is 15.4 Å².